The summed E-state index contributed by atoms with van der Waals surface area (Å²) in [5.74, 6) is 3.34. The molecule has 2 aliphatic rings. The van der Waals surface area contributed by atoms with Gasteiger partial charge in [-0.15, -0.1) is 10.2 Å². The van der Waals surface area contributed by atoms with Crippen LogP contribution in [0.4, 0.5) is 0 Å². The van der Waals surface area contributed by atoms with Crippen LogP contribution in [-0.2, 0) is 0 Å². The topological polar surface area (TPSA) is 96.2 Å². The summed E-state index contributed by atoms with van der Waals surface area (Å²) in [6, 6.07) is 10.7. The molecule has 9 nitrogen and oxygen atoms in total. The predicted molar refractivity (Wildman–Crippen MR) is 113 cm³/mol. The maximum atomic E-state index is 13.2. The Hall–Kier alpha value is -3.75. The summed E-state index contributed by atoms with van der Waals surface area (Å²) >= 11 is 0. The van der Waals surface area contributed by atoms with E-state index in [2.05, 4.69) is 10.2 Å². The number of piperidine rings is 1. The normalized spacial score (nSPS) is 17.3. The number of aromatic nitrogens is 2. The minimum atomic E-state index is -0.0811. The van der Waals surface area contributed by atoms with Crippen molar-refractivity contribution in [2.75, 3.05) is 34.1 Å². The molecule has 0 bridgehead atoms. The molecular formula is C23H23N3O6. The monoisotopic (exact) mass is 437 g/mol. The zero-order valence-corrected chi connectivity index (χ0v) is 17.9. The van der Waals surface area contributed by atoms with Gasteiger partial charge < -0.3 is 28.3 Å². The summed E-state index contributed by atoms with van der Waals surface area (Å²) in [5.41, 5.74) is 1.29. The van der Waals surface area contributed by atoms with Crippen LogP contribution in [0.1, 0.15) is 35.0 Å². The van der Waals surface area contributed by atoms with Gasteiger partial charge in [0.15, 0.2) is 11.5 Å². The van der Waals surface area contributed by atoms with Crippen LogP contribution in [0.3, 0.4) is 0 Å². The lowest BCUT2D eigenvalue weighted by atomic mass is 9.97. The van der Waals surface area contributed by atoms with Crippen molar-refractivity contribution in [2.45, 2.75) is 18.8 Å². The maximum Gasteiger partial charge on any atom is 0.254 e. The molecule has 1 saturated heterocycles. The highest BCUT2D eigenvalue weighted by Crippen LogP contribution is 2.36. The van der Waals surface area contributed by atoms with E-state index in [1.165, 1.54) is 0 Å². The fourth-order valence-electron chi connectivity index (χ4n) is 4.02. The average molecular weight is 437 g/mol. The number of rotatable bonds is 5. The summed E-state index contributed by atoms with van der Waals surface area (Å²) in [6.07, 6.45) is 1.72. The van der Waals surface area contributed by atoms with Crippen LogP contribution in [0.25, 0.3) is 11.5 Å². The standard InChI is InChI=1S/C23H23N3O6/c1-28-17-8-16(9-18(11-17)29-2)23(27)26-7-3-4-15(12-26)22-25-24-21(32-22)14-5-6-19-20(10-14)31-13-30-19/h5-6,8-11,15H,3-4,7,12-13H2,1-2H3. The maximum absolute atomic E-state index is 13.2. The van der Waals surface area contributed by atoms with Crippen molar-refractivity contribution >= 4 is 5.91 Å². The first kappa shape index (κ1) is 20.2. The number of ether oxygens (including phenoxy) is 4. The molecule has 5 rings (SSSR count). The Bertz CT molecular complexity index is 1120. The Morgan fingerprint density at radius 2 is 1.81 bits per heavy atom. The first-order chi connectivity index (χ1) is 15.6. The Morgan fingerprint density at radius 1 is 1.03 bits per heavy atom. The third-order valence-electron chi connectivity index (χ3n) is 5.72. The molecule has 1 aromatic heterocycles. The number of nitrogens with zero attached hydrogens (tertiary/aromatic N) is 3. The zero-order valence-electron chi connectivity index (χ0n) is 17.9. The number of methoxy groups -OCH3 is 2. The van der Waals surface area contributed by atoms with Crippen LogP contribution in [0.5, 0.6) is 23.0 Å². The fraction of sp³-hybridized carbons (Fsp3) is 0.348. The van der Waals surface area contributed by atoms with Crippen LogP contribution >= 0.6 is 0 Å². The zero-order chi connectivity index (χ0) is 22.1. The van der Waals surface area contributed by atoms with Gasteiger partial charge in [-0.2, -0.15) is 0 Å². The van der Waals surface area contributed by atoms with Gasteiger partial charge in [0.05, 0.1) is 20.1 Å². The molecule has 166 valence electrons. The third kappa shape index (κ3) is 3.81. The minimum Gasteiger partial charge on any atom is -0.497 e. The Balaban J connectivity index is 1.33. The molecule has 1 fully saturated rings. The van der Waals surface area contributed by atoms with Gasteiger partial charge in [-0.05, 0) is 43.2 Å². The van der Waals surface area contributed by atoms with E-state index in [1.54, 1.807) is 32.4 Å². The minimum absolute atomic E-state index is 0.0320. The molecule has 0 radical (unpaired) electrons. The van der Waals surface area contributed by atoms with Gasteiger partial charge in [-0.25, -0.2) is 0 Å². The molecular weight excluding hydrogens is 414 g/mol. The molecule has 3 aromatic rings. The Morgan fingerprint density at radius 3 is 2.59 bits per heavy atom. The first-order valence-electron chi connectivity index (χ1n) is 10.4. The lowest BCUT2D eigenvalue weighted by Gasteiger charge is -2.31. The lowest BCUT2D eigenvalue weighted by molar-refractivity contribution is 0.0697. The fourth-order valence-corrected chi connectivity index (χ4v) is 4.02. The second-order valence-electron chi connectivity index (χ2n) is 7.71. The predicted octanol–water partition coefficient (Wildman–Crippen LogP) is 3.50. The van der Waals surface area contributed by atoms with E-state index in [1.807, 2.05) is 23.1 Å². The number of amides is 1. The number of benzene rings is 2. The van der Waals surface area contributed by atoms with Crippen molar-refractivity contribution < 1.29 is 28.2 Å². The number of likely N-dealkylation sites (tertiary alicyclic amines) is 1. The van der Waals surface area contributed by atoms with Gasteiger partial charge in [-0.1, -0.05) is 0 Å². The van der Waals surface area contributed by atoms with Crippen LogP contribution in [0.15, 0.2) is 40.8 Å². The number of carbonyl (C=O) groups excluding carboxylic acids is 1. The highest BCUT2D eigenvalue weighted by Gasteiger charge is 2.30. The largest absolute Gasteiger partial charge is 0.497 e. The smallest absolute Gasteiger partial charge is 0.254 e. The number of hydrogen-bond acceptors (Lipinski definition) is 8. The average Bonchev–Trinajstić information content (AvgIpc) is 3.52. The molecule has 0 spiro atoms. The highest BCUT2D eigenvalue weighted by molar-refractivity contribution is 5.95. The Kier molecular flexibility index (Phi) is 5.30. The van der Waals surface area contributed by atoms with Crippen molar-refractivity contribution in [3.63, 3.8) is 0 Å². The summed E-state index contributed by atoms with van der Waals surface area (Å²) in [5, 5.41) is 8.48. The second kappa shape index (κ2) is 8.41. The van der Waals surface area contributed by atoms with Crippen LogP contribution in [0.2, 0.25) is 0 Å². The second-order valence-corrected chi connectivity index (χ2v) is 7.71. The van der Waals surface area contributed by atoms with Crippen molar-refractivity contribution in [1.82, 2.24) is 15.1 Å². The quantitative estimate of drug-likeness (QED) is 0.598. The molecule has 1 amide bonds. The molecule has 3 heterocycles. The molecule has 0 saturated carbocycles. The summed E-state index contributed by atoms with van der Waals surface area (Å²) in [4.78, 5) is 15.0. The van der Waals surface area contributed by atoms with Crippen molar-refractivity contribution in [1.29, 1.82) is 0 Å². The SMILES string of the molecule is COc1cc(OC)cc(C(=O)N2CCCC(c3nnc(-c4ccc5c(c4)OCO5)o3)C2)c1. The van der Waals surface area contributed by atoms with Crippen LogP contribution < -0.4 is 18.9 Å². The Labute approximate surface area is 184 Å². The van der Waals surface area contributed by atoms with Gasteiger partial charge in [0, 0.05) is 30.3 Å². The van der Waals surface area contributed by atoms with Gasteiger partial charge in [0.2, 0.25) is 18.6 Å². The summed E-state index contributed by atoms with van der Waals surface area (Å²) in [6.45, 7) is 1.37. The first-order valence-corrected chi connectivity index (χ1v) is 10.4. The summed E-state index contributed by atoms with van der Waals surface area (Å²) in [7, 11) is 3.13. The molecule has 32 heavy (non-hydrogen) atoms. The van der Waals surface area contributed by atoms with Crippen molar-refractivity contribution in [3.8, 4) is 34.5 Å². The number of hydrogen-bond donors (Lipinski definition) is 0. The number of fused-ring (bicyclic) bond motifs is 1. The molecule has 9 heteroatoms. The highest BCUT2D eigenvalue weighted by atomic mass is 16.7. The van der Waals surface area contributed by atoms with E-state index in [9.17, 15) is 4.79 Å². The van der Waals surface area contributed by atoms with E-state index in [-0.39, 0.29) is 18.6 Å². The van der Waals surface area contributed by atoms with E-state index >= 15 is 0 Å². The summed E-state index contributed by atoms with van der Waals surface area (Å²) < 4.78 is 27.3. The van der Waals surface area contributed by atoms with E-state index in [0.29, 0.717) is 53.4 Å². The van der Waals surface area contributed by atoms with Crippen molar-refractivity contribution in [3.05, 3.63) is 47.9 Å². The molecule has 1 unspecified atom stereocenters. The van der Waals surface area contributed by atoms with Crippen molar-refractivity contribution in [2.24, 2.45) is 0 Å². The van der Waals surface area contributed by atoms with Gasteiger partial charge in [0.1, 0.15) is 11.5 Å². The molecule has 1 atom stereocenters. The molecule has 0 aliphatic carbocycles. The third-order valence-corrected chi connectivity index (χ3v) is 5.72. The molecule has 2 aromatic carbocycles. The van der Waals surface area contributed by atoms with E-state index in [4.69, 9.17) is 23.4 Å². The van der Waals surface area contributed by atoms with Gasteiger partial charge in [-0.3, -0.25) is 4.79 Å². The molecule has 2 aliphatic heterocycles. The van der Waals surface area contributed by atoms with Crippen LogP contribution in [0, 0.1) is 0 Å². The number of carbonyl (C=O) groups is 1. The van der Waals surface area contributed by atoms with Crippen LogP contribution in [-0.4, -0.2) is 55.1 Å². The van der Waals surface area contributed by atoms with E-state index in [0.717, 1.165) is 18.4 Å². The van der Waals surface area contributed by atoms with Gasteiger partial charge >= 0.3 is 0 Å². The molecule has 0 N–H and O–H groups in total. The van der Waals surface area contributed by atoms with E-state index < -0.39 is 0 Å². The van der Waals surface area contributed by atoms with Gasteiger partial charge in [0.25, 0.3) is 5.91 Å². The lowest BCUT2D eigenvalue weighted by Crippen LogP contribution is -2.39.